The van der Waals surface area contributed by atoms with E-state index >= 15 is 0 Å². The summed E-state index contributed by atoms with van der Waals surface area (Å²) in [5.74, 6) is -0.907. The van der Waals surface area contributed by atoms with Gasteiger partial charge in [-0.1, -0.05) is 18.2 Å². The first-order valence-corrected chi connectivity index (χ1v) is 9.01. The smallest absolute Gasteiger partial charge is 0.405 e. The number of likely N-dealkylation sites (tertiary alicyclic amines) is 1. The molecular weight excluding hydrogens is 405 g/mol. The molecule has 1 aromatic heterocycles. The first kappa shape index (κ1) is 22.9. The highest BCUT2D eigenvalue weighted by atomic mass is 19.4. The molecule has 30 heavy (non-hydrogen) atoms. The number of hydrogen-bond acceptors (Lipinski definition) is 4. The number of alkyl halides is 3. The molecular formula is C19H21F3N4O4. The van der Waals surface area contributed by atoms with E-state index in [0.29, 0.717) is 5.56 Å². The van der Waals surface area contributed by atoms with Crippen LogP contribution in [0, 0.1) is 0 Å². The maximum absolute atomic E-state index is 12.6. The summed E-state index contributed by atoms with van der Waals surface area (Å²) in [6.07, 6.45) is -1.11. The van der Waals surface area contributed by atoms with Crippen LogP contribution < -0.4 is 5.32 Å². The molecule has 0 bridgehead atoms. The Hall–Kier alpha value is -3.37. The predicted octanol–water partition coefficient (Wildman–Crippen LogP) is 1.89. The second-order valence-electron chi connectivity index (χ2n) is 6.54. The number of carbonyl (C=O) groups excluding carboxylic acids is 2. The Bertz CT molecular complexity index is 833. The van der Waals surface area contributed by atoms with Gasteiger partial charge in [-0.3, -0.25) is 19.1 Å². The summed E-state index contributed by atoms with van der Waals surface area (Å²) in [4.78, 5) is 35.2. The normalized spacial score (nSPS) is 15.5. The van der Waals surface area contributed by atoms with Gasteiger partial charge in [-0.25, -0.2) is 0 Å². The van der Waals surface area contributed by atoms with E-state index in [1.54, 1.807) is 47.5 Å². The van der Waals surface area contributed by atoms with E-state index in [-0.39, 0.29) is 38.3 Å². The van der Waals surface area contributed by atoms with E-state index in [9.17, 15) is 22.8 Å². The fourth-order valence-electron chi connectivity index (χ4n) is 3.27. The van der Waals surface area contributed by atoms with Crippen LogP contribution in [0.5, 0.6) is 0 Å². The fraction of sp³-hybridized carbons (Fsp3) is 0.368. The number of nitrogens with one attached hydrogen (secondary N) is 1. The van der Waals surface area contributed by atoms with Crippen LogP contribution in [0.3, 0.4) is 0 Å². The number of aromatic nitrogens is 2. The number of carbonyl (C=O) groups is 3. The van der Waals surface area contributed by atoms with Crippen molar-refractivity contribution >= 4 is 18.3 Å². The van der Waals surface area contributed by atoms with Gasteiger partial charge in [0.15, 0.2) is 0 Å². The molecule has 0 saturated carbocycles. The van der Waals surface area contributed by atoms with E-state index in [0.717, 1.165) is 0 Å². The molecule has 3 rings (SSSR count). The van der Waals surface area contributed by atoms with Gasteiger partial charge in [0.05, 0.1) is 0 Å². The lowest BCUT2D eigenvalue weighted by atomic mass is 9.86. The van der Waals surface area contributed by atoms with Crippen molar-refractivity contribution in [1.82, 2.24) is 20.0 Å². The topological polar surface area (TPSA) is 105 Å². The van der Waals surface area contributed by atoms with Gasteiger partial charge >= 0.3 is 6.18 Å². The van der Waals surface area contributed by atoms with E-state index < -0.39 is 24.2 Å². The maximum atomic E-state index is 12.6. The number of rotatable bonds is 4. The van der Waals surface area contributed by atoms with Crippen LogP contribution >= 0.6 is 0 Å². The zero-order chi connectivity index (χ0) is 22.2. The van der Waals surface area contributed by atoms with Crippen LogP contribution in [-0.4, -0.2) is 63.9 Å². The summed E-state index contributed by atoms with van der Waals surface area (Å²) in [5, 5.41) is 12.9. The Morgan fingerprint density at radius 3 is 2.27 bits per heavy atom. The fourth-order valence-corrected chi connectivity index (χ4v) is 3.27. The van der Waals surface area contributed by atoms with Crippen molar-refractivity contribution in [2.24, 2.45) is 0 Å². The Balaban J connectivity index is 0.00000101. The van der Waals surface area contributed by atoms with Gasteiger partial charge < -0.3 is 15.3 Å². The molecule has 0 aliphatic carbocycles. The van der Waals surface area contributed by atoms with Crippen LogP contribution in [0.4, 0.5) is 13.2 Å². The molecule has 1 saturated heterocycles. The van der Waals surface area contributed by atoms with Gasteiger partial charge in [0.25, 0.3) is 12.4 Å². The van der Waals surface area contributed by atoms with Gasteiger partial charge in [-0.2, -0.15) is 18.3 Å². The molecule has 162 valence electrons. The average molecular weight is 426 g/mol. The summed E-state index contributed by atoms with van der Waals surface area (Å²) >= 11 is 0. The number of amides is 2. The van der Waals surface area contributed by atoms with Gasteiger partial charge in [-0.05, 0) is 31.0 Å². The first-order valence-electron chi connectivity index (χ1n) is 9.01. The van der Waals surface area contributed by atoms with E-state index in [2.05, 4.69) is 5.10 Å². The number of hydrogen-bond donors (Lipinski definition) is 2. The summed E-state index contributed by atoms with van der Waals surface area (Å²) < 4.78 is 38.9. The van der Waals surface area contributed by atoms with Crippen molar-refractivity contribution in [3.8, 4) is 0 Å². The zero-order valence-electron chi connectivity index (χ0n) is 15.9. The molecule has 2 heterocycles. The van der Waals surface area contributed by atoms with Crippen molar-refractivity contribution in [1.29, 1.82) is 0 Å². The third-order valence-corrected chi connectivity index (χ3v) is 4.71. The van der Waals surface area contributed by atoms with Crippen molar-refractivity contribution in [3.05, 3.63) is 54.4 Å². The Kier molecular flexibility index (Phi) is 7.56. The third-order valence-electron chi connectivity index (χ3n) is 4.71. The summed E-state index contributed by atoms with van der Waals surface area (Å²) in [5.41, 5.74) is -0.715. The summed E-state index contributed by atoms with van der Waals surface area (Å²) in [6.45, 7) is -1.17. The highest BCUT2D eigenvalue weighted by Gasteiger charge is 2.45. The average Bonchev–Trinajstić information content (AvgIpc) is 3.28. The molecule has 2 amide bonds. The Morgan fingerprint density at radius 1 is 1.17 bits per heavy atom. The minimum atomic E-state index is -4.50. The predicted molar refractivity (Wildman–Crippen MR) is 99.5 cm³/mol. The molecule has 0 atom stereocenters. The summed E-state index contributed by atoms with van der Waals surface area (Å²) in [6, 6.07) is 10.3. The van der Waals surface area contributed by atoms with E-state index in [1.165, 1.54) is 10.9 Å². The van der Waals surface area contributed by atoms with Crippen LogP contribution in [0.25, 0.3) is 0 Å². The van der Waals surface area contributed by atoms with Crippen LogP contribution in [0.1, 0.15) is 23.2 Å². The molecule has 8 nitrogen and oxygen atoms in total. The third kappa shape index (κ3) is 5.58. The summed E-state index contributed by atoms with van der Waals surface area (Å²) in [7, 11) is 0. The Labute approximate surface area is 170 Å². The molecule has 1 fully saturated rings. The van der Waals surface area contributed by atoms with Crippen molar-refractivity contribution in [2.45, 2.75) is 24.6 Å². The molecule has 1 aromatic carbocycles. The molecule has 2 N–H and O–H groups in total. The van der Waals surface area contributed by atoms with Gasteiger partial charge in [-0.15, -0.1) is 0 Å². The standard InChI is InChI=1S/C18H19F3N4O2.CH2O2/c19-18(20,21)13-22-16(27)17(25-10-4-9-23-25)7-11-24(12-8-17)15(26)14-5-2-1-3-6-14;2-1-3/h1-6,9-10H,7-8,11-13H2,(H,22,27);1H,(H,2,3). The van der Waals surface area contributed by atoms with Crippen molar-refractivity contribution in [3.63, 3.8) is 0 Å². The van der Waals surface area contributed by atoms with Crippen LogP contribution in [0.2, 0.25) is 0 Å². The molecule has 0 radical (unpaired) electrons. The molecule has 1 aliphatic heterocycles. The number of benzene rings is 1. The number of nitrogens with zero attached hydrogens (tertiary/aromatic N) is 3. The molecule has 0 unspecified atom stereocenters. The van der Waals surface area contributed by atoms with Crippen LogP contribution in [0.15, 0.2) is 48.8 Å². The lowest BCUT2D eigenvalue weighted by molar-refractivity contribution is -0.146. The minimum absolute atomic E-state index is 0.166. The van der Waals surface area contributed by atoms with Crippen molar-refractivity contribution < 1.29 is 32.7 Å². The van der Waals surface area contributed by atoms with Gasteiger partial charge in [0.1, 0.15) is 12.1 Å². The SMILES string of the molecule is O=C(c1ccccc1)N1CCC(C(=O)NCC(F)(F)F)(n2cccn2)CC1.O=CO. The van der Waals surface area contributed by atoms with Crippen molar-refractivity contribution in [2.75, 3.05) is 19.6 Å². The van der Waals surface area contributed by atoms with Gasteiger partial charge in [0.2, 0.25) is 5.91 Å². The first-order chi connectivity index (χ1) is 14.2. The number of piperidine rings is 1. The second kappa shape index (κ2) is 9.90. The monoisotopic (exact) mass is 426 g/mol. The quantitative estimate of drug-likeness (QED) is 0.727. The van der Waals surface area contributed by atoms with E-state index in [1.807, 2.05) is 5.32 Å². The number of halogens is 3. The lowest BCUT2D eigenvalue weighted by Gasteiger charge is -2.40. The molecule has 2 aromatic rings. The highest BCUT2D eigenvalue weighted by Crippen LogP contribution is 2.31. The zero-order valence-corrected chi connectivity index (χ0v) is 15.9. The number of carboxylic acid groups (broad SMARTS) is 1. The Morgan fingerprint density at radius 2 is 1.77 bits per heavy atom. The molecule has 0 spiro atoms. The second-order valence-corrected chi connectivity index (χ2v) is 6.54. The van der Waals surface area contributed by atoms with Crippen LogP contribution in [-0.2, 0) is 15.1 Å². The largest absolute Gasteiger partial charge is 0.483 e. The molecule has 1 aliphatic rings. The maximum Gasteiger partial charge on any atom is 0.405 e. The lowest BCUT2D eigenvalue weighted by Crippen LogP contribution is -2.57. The highest BCUT2D eigenvalue weighted by molar-refractivity contribution is 5.94. The minimum Gasteiger partial charge on any atom is -0.483 e. The molecule has 11 heteroatoms. The van der Waals surface area contributed by atoms with E-state index in [4.69, 9.17) is 9.90 Å². The van der Waals surface area contributed by atoms with Gasteiger partial charge in [0, 0.05) is 31.0 Å².